The second kappa shape index (κ2) is 10.4. The van der Waals surface area contributed by atoms with Crippen LogP contribution in [0.15, 0.2) is 24.5 Å². The lowest BCUT2D eigenvalue weighted by Crippen LogP contribution is -2.58. The summed E-state index contributed by atoms with van der Waals surface area (Å²) in [5.41, 5.74) is 6.17. The van der Waals surface area contributed by atoms with Gasteiger partial charge in [-0.2, -0.15) is 0 Å². The quantitative estimate of drug-likeness (QED) is 0.531. The molecule has 0 spiro atoms. The topological polar surface area (TPSA) is 138 Å². The Labute approximate surface area is 187 Å². The lowest BCUT2D eigenvalue weighted by atomic mass is 9.81. The molecule has 2 heterocycles. The first-order valence-corrected chi connectivity index (χ1v) is 11.0. The van der Waals surface area contributed by atoms with E-state index in [9.17, 15) is 19.2 Å². The van der Waals surface area contributed by atoms with Crippen molar-refractivity contribution < 1.29 is 19.2 Å². The number of carbonyl (C=O) groups excluding carboxylic acids is 4. The number of nitrogens with two attached hydrogens (primary N) is 1. The first kappa shape index (κ1) is 23.5. The van der Waals surface area contributed by atoms with Crippen LogP contribution in [0.1, 0.15) is 32.1 Å². The molecule has 32 heavy (non-hydrogen) atoms. The van der Waals surface area contributed by atoms with Crippen molar-refractivity contribution in [2.75, 3.05) is 32.1 Å². The number of carbonyl (C=O) groups is 4. The van der Waals surface area contributed by atoms with Crippen LogP contribution in [-0.2, 0) is 19.2 Å². The Morgan fingerprint density at radius 3 is 2.22 bits per heavy atom. The first-order chi connectivity index (χ1) is 15.3. The minimum absolute atomic E-state index is 0.00501. The van der Waals surface area contributed by atoms with E-state index in [0.29, 0.717) is 32.1 Å². The predicted molar refractivity (Wildman–Crippen MR) is 118 cm³/mol. The minimum atomic E-state index is -1.06. The van der Waals surface area contributed by atoms with Crippen LogP contribution in [0.25, 0.3) is 0 Å². The van der Waals surface area contributed by atoms with E-state index in [0.717, 1.165) is 18.8 Å². The molecule has 1 aromatic rings. The molecule has 174 valence electrons. The van der Waals surface area contributed by atoms with Crippen LogP contribution in [-0.4, -0.2) is 72.8 Å². The fraction of sp³-hybridized carbons (Fsp3) is 0.591. The highest BCUT2D eigenvalue weighted by atomic mass is 16.2. The third kappa shape index (κ3) is 5.74. The summed E-state index contributed by atoms with van der Waals surface area (Å²) in [7, 11) is 3.40. The second-order valence-electron chi connectivity index (χ2n) is 8.77. The molecule has 10 nitrogen and oxygen atoms in total. The lowest BCUT2D eigenvalue weighted by Gasteiger charge is -2.38. The van der Waals surface area contributed by atoms with Crippen LogP contribution in [0.5, 0.6) is 0 Å². The molecule has 4 amide bonds. The number of aromatic nitrogens is 1. The fourth-order valence-corrected chi connectivity index (χ4v) is 4.59. The number of hydrogen-bond acceptors (Lipinski definition) is 6. The molecule has 4 N–H and O–H groups in total. The fourth-order valence-electron chi connectivity index (χ4n) is 4.59. The second-order valence-corrected chi connectivity index (χ2v) is 8.77. The number of rotatable bonds is 5. The molecule has 1 aliphatic heterocycles. The Morgan fingerprint density at radius 1 is 0.969 bits per heavy atom. The maximum Gasteiger partial charge on any atom is 0.309 e. The van der Waals surface area contributed by atoms with E-state index in [4.69, 9.17) is 5.73 Å². The molecule has 1 saturated carbocycles. The summed E-state index contributed by atoms with van der Waals surface area (Å²) in [5, 5.41) is 5.68. The Balaban J connectivity index is 1.62. The van der Waals surface area contributed by atoms with Crippen molar-refractivity contribution in [2.24, 2.45) is 17.6 Å². The van der Waals surface area contributed by atoms with Crippen LogP contribution in [0.3, 0.4) is 0 Å². The van der Waals surface area contributed by atoms with Crippen molar-refractivity contribution in [3.8, 4) is 0 Å². The van der Waals surface area contributed by atoms with Gasteiger partial charge in [-0.25, -0.2) is 0 Å². The van der Waals surface area contributed by atoms with Crippen LogP contribution >= 0.6 is 0 Å². The molecule has 0 unspecified atom stereocenters. The summed E-state index contributed by atoms with van der Waals surface area (Å²) < 4.78 is 0. The van der Waals surface area contributed by atoms with Crippen LogP contribution in [0, 0.1) is 11.8 Å². The van der Waals surface area contributed by atoms with Crippen LogP contribution in [0.4, 0.5) is 5.69 Å². The number of amides is 4. The van der Waals surface area contributed by atoms with Gasteiger partial charge in [0, 0.05) is 69.2 Å². The summed E-state index contributed by atoms with van der Waals surface area (Å²) in [6, 6.07) is 3.03. The average molecular weight is 445 g/mol. The summed E-state index contributed by atoms with van der Waals surface area (Å²) in [4.78, 5) is 56.4. The highest BCUT2D eigenvalue weighted by Crippen LogP contribution is 2.28. The standard InChI is InChI=1S/C22H32N6O4/c1-27(2)22(32)15-3-4-17(25-21(31)19(23)29)18(13-15)26-20(30)14-7-11-28(12-8-14)16-5-9-24-10-6-16/h5-6,9-10,14-15,17-18H,3-4,7-8,11-13H2,1-2H3,(H2,23,29)(H,25,31)(H,26,30)/t15-,17-,18+/m0/s1. The van der Waals surface area contributed by atoms with E-state index in [1.807, 2.05) is 12.1 Å². The molecule has 0 bridgehead atoms. The zero-order chi connectivity index (χ0) is 23.3. The van der Waals surface area contributed by atoms with Gasteiger partial charge in [0.05, 0.1) is 0 Å². The molecule has 3 rings (SSSR count). The van der Waals surface area contributed by atoms with Gasteiger partial charge in [-0.1, -0.05) is 0 Å². The Bertz CT molecular complexity index is 838. The third-order valence-corrected chi connectivity index (χ3v) is 6.40. The van der Waals surface area contributed by atoms with Gasteiger partial charge in [-0.05, 0) is 44.2 Å². The Morgan fingerprint density at radius 2 is 1.62 bits per heavy atom. The number of hydrogen-bond donors (Lipinski definition) is 3. The van der Waals surface area contributed by atoms with Crippen molar-refractivity contribution in [1.29, 1.82) is 0 Å². The van der Waals surface area contributed by atoms with Crippen molar-refractivity contribution >= 4 is 29.3 Å². The molecule has 0 radical (unpaired) electrons. The number of piperidine rings is 1. The summed E-state index contributed by atoms with van der Waals surface area (Å²) in [6.07, 6.45) is 6.37. The minimum Gasteiger partial charge on any atom is -0.371 e. The van der Waals surface area contributed by atoms with Gasteiger partial charge in [-0.3, -0.25) is 24.2 Å². The predicted octanol–water partition coefficient (Wildman–Crippen LogP) is -0.359. The third-order valence-electron chi connectivity index (χ3n) is 6.40. The highest BCUT2D eigenvalue weighted by Gasteiger charge is 2.38. The van der Waals surface area contributed by atoms with Gasteiger partial charge < -0.3 is 26.2 Å². The first-order valence-electron chi connectivity index (χ1n) is 11.0. The van der Waals surface area contributed by atoms with E-state index in [2.05, 4.69) is 20.5 Å². The van der Waals surface area contributed by atoms with E-state index >= 15 is 0 Å². The van der Waals surface area contributed by atoms with E-state index < -0.39 is 23.9 Å². The maximum absolute atomic E-state index is 13.0. The van der Waals surface area contributed by atoms with Crippen LogP contribution < -0.4 is 21.3 Å². The van der Waals surface area contributed by atoms with Crippen molar-refractivity contribution in [3.05, 3.63) is 24.5 Å². The molecular formula is C22H32N6O4. The zero-order valence-electron chi connectivity index (χ0n) is 18.6. The number of nitrogens with zero attached hydrogens (tertiary/aromatic N) is 3. The van der Waals surface area contributed by atoms with Gasteiger partial charge in [-0.15, -0.1) is 0 Å². The number of primary amides is 1. The normalized spacial score (nSPS) is 23.8. The maximum atomic E-state index is 13.0. The van der Waals surface area contributed by atoms with Gasteiger partial charge in [0.15, 0.2) is 0 Å². The molecule has 1 aliphatic carbocycles. The summed E-state index contributed by atoms with van der Waals surface area (Å²) >= 11 is 0. The molecule has 2 aliphatic rings. The zero-order valence-corrected chi connectivity index (χ0v) is 18.6. The van der Waals surface area contributed by atoms with E-state index in [1.54, 1.807) is 31.4 Å². The molecule has 3 atom stereocenters. The van der Waals surface area contributed by atoms with Gasteiger partial charge in [0.25, 0.3) is 0 Å². The number of pyridine rings is 1. The molecule has 0 aromatic carbocycles. The average Bonchev–Trinajstić information content (AvgIpc) is 2.80. The van der Waals surface area contributed by atoms with Gasteiger partial charge in [0.2, 0.25) is 11.8 Å². The lowest BCUT2D eigenvalue weighted by molar-refractivity contribution is -0.139. The Hall–Kier alpha value is -3.17. The molecule has 10 heteroatoms. The largest absolute Gasteiger partial charge is 0.371 e. The monoisotopic (exact) mass is 444 g/mol. The highest BCUT2D eigenvalue weighted by molar-refractivity contribution is 6.34. The molecule has 2 fully saturated rings. The van der Waals surface area contributed by atoms with Crippen molar-refractivity contribution in [3.63, 3.8) is 0 Å². The number of anilines is 1. The molecule has 1 aromatic heterocycles. The summed E-state index contributed by atoms with van der Waals surface area (Å²) in [5.74, 6) is -2.42. The van der Waals surface area contributed by atoms with Crippen molar-refractivity contribution in [2.45, 2.75) is 44.2 Å². The van der Waals surface area contributed by atoms with Gasteiger partial charge in [0.1, 0.15) is 0 Å². The van der Waals surface area contributed by atoms with Crippen molar-refractivity contribution in [1.82, 2.24) is 20.5 Å². The Kier molecular flexibility index (Phi) is 7.66. The van der Waals surface area contributed by atoms with Crippen LogP contribution in [0.2, 0.25) is 0 Å². The van der Waals surface area contributed by atoms with Gasteiger partial charge >= 0.3 is 11.8 Å². The molecule has 1 saturated heterocycles. The van der Waals surface area contributed by atoms with E-state index in [1.165, 1.54) is 0 Å². The smallest absolute Gasteiger partial charge is 0.309 e. The SMILES string of the molecule is CN(C)C(=O)[C@H]1CC[C@H](NC(=O)C(N)=O)[C@H](NC(=O)C2CCN(c3ccncc3)CC2)C1. The summed E-state index contributed by atoms with van der Waals surface area (Å²) in [6.45, 7) is 1.52. The van der Waals surface area contributed by atoms with E-state index in [-0.39, 0.29) is 23.7 Å². The molecular weight excluding hydrogens is 412 g/mol. The number of nitrogens with one attached hydrogen (secondary N) is 2.